The van der Waals surface area contributed by atoms with Gasteiger partial charge in [-0.25, -0.2) is 0 Å². The first-order chi connectivity index (χ1) is 9.74. The topological polar surface area (TPSA) is 87.1 Å². The van der Waals surface area contributed by atoms with E-state index >= 15 is 0 Å². The smallest absolute Gasteiger partial charge is 0.349 e. The first-order valence-corrected chi connectivity index (χ1v) is 7.73. The third kappa shape index (κ3) is 5.55. The molecular weight excluding hydrogens is 293 g/mol. The van der Waals surface area contributed by atoms with Crippen molar-refractivity contribution in [3.63, 3.8) is 0 Å². The van der Waals surface area contributed by atoms with E-state index in [0.29, 0.717) is 16.9 Å². The van der Waals surface area contributed by atoms with Gasteiger partial charge in [-0.1, -0.05) is 18.2 Å². The van der Waals surface area contributed by atoms with Gasteiger partial charge in [0, 0.05) is 25.5 Å². The van der Waals surface area contributed by atoms with E-state index in [0.717, 1.165) is 5.82 Å². The first-order valence-electron chi connectivity index (χ1n) is 6.05. The number of benzene rings is 1. The predicted octanol–water partition coefficient (Wildman–Crippen LogP) is 1.86. The molecule has 0 heterocycles. The summed E-state index contributed by atoms with van der Waals surface area (Å²) in [5.74, 6) is 1.14. The Kier molecular flexibility index (Phi) is 5.90. The minimum absolute atomic E-state index is 0.268. The van der Waals surface area contributed by atoms with Crippen molar-refractivity contribution >= 4 is 19.1 Å². The molecule has 1 aromatic carbocycles. The Balaban J connectivity index is 3.18. The minimum Gasteiger partial charge on any atom is -0.497 e. The highest BCUT2D eigenvalue weighted by Crippen LogP contribution is 2.36. The molecule has 0 aliphatic heterocycles. The van der Waals surface area contributed by atoms with Gasteiger partial charge >= 0.3 is 7.60 Å². The molecular formula is C14H18NO5P. The standard InChI is InChI=1S/C14H18NO5P/c1-15(2)14(16)13(5-4-10-21(17,18)19)11-6-8-12(20-3)9-7-11/h4-10H,1-3H3,(H2,17,18,19)/b10-4+,13-5-. The molecule has 0 saturated carbocycles. The van der Waals surface area contributed by atoms with E-state index in [2.05, 4.69) is 0 Å². The van der Waals surface area contributed by atoms with Crippen LogP contribution in [0.15, 0.2) is 42.2 Å². The van der Waals surface area contributed by atoms with Crippen molar-refractivity contribution < 1.29 is 23.9 Å². The third-order valence-electron chi connectivity index (χ3n) is 2.58. The van der Waals surface area contributed by atoms with Crippen molar-refractivity contribution in [1.82, 2.24) is 4.90 Å². The van der Waals surface area contributed by atoms with Gasteiger partial charge in [-0.15, -0.1) is 0 Å². The van der Waals surface area contributed by atoms with Crippen LogP contribution < -0.4 is 4.74 Å². The molecule has 0 saturated heterocycles. The molecule has 114 valence electrons. The number of carbonyl (C=O) groups excluding carboxylic acids is 1. The molecule has 0 unspecified atom stereocenters. The van der Waals surface area contributed by atoms with E-state index < -0.39 is 7.60 Å². The maximum atomic E-state index is 12.2. The molecule has 0 aliphatic rings. The summed E-state index contributed by atoms with van der Waals surface area (Å²) < 4.78 is 15.9. The molecule has 0 spiro atoms. The van der Waals surface area contributed by atoms with Crippen molar-refractivity contribution in [2.24, 2.45) is 0 Å². The summed E-state index contributed by atoms with van der Waals surface area (Å²) in [7, 11) is 0.498. The van der Waals surface area contributed by atoms with Crippen LogP contribution in [-0.4, -0.2) is 41.8 Å². The van der Waals surface area contributed by atoms with Gasteiger partial charge in [-0.2, -0.15) is 0 Å². The molecule has 0 aromatic heterocycles. The van der Waals surface area contributed by atoms with E-state index in [9.17, 15) is 9.36 Å². The van der Waals surface area contributed by atoms with Crippen LogP contribution >= 0.6 is 7.60 Å². The fraction of sp³-hybridized carbons (Fsp3) is 0.214. The molecule has 0 bridgehead atoms. The molecule has 1 aromatic rings. The first kappa shape index (κ1) is 17.2. The predicted molar refractivity (Wildman–Crippen MR) is 80.8 cm³/mol. The number of rotatable bonds is 5. The molecule has 0 aliphatic carbocycles. The van der Waals surface area contributed by atoms with Gasteiger partial charge in [-0.3, -0.25) is 9.36 Å². The van der Waals surface area contributed by atoms with Crippen molar-refractivity contribution in [3.05, 3.63) is 47.8 Å². The average molecular weight is 311 g/mol. The van der Waals surface area contributed by atoms with Crippen LogP contribution in [0.5, 0.6) is 5.75 Å². The zero-order chi connectivity index (χ0) is 16.0. The molecule has 0 atom stereocenters. The lowest BCUT2D eigenvalue weighted by Crippen LogP contribution is -2.22. The number of amides is 1. The van der Waals surface area contributed by atoms with Gasteiger partial charge in [0.1, 0.15) is 5.75 Å². The van der Waals surface area contributed by atoms with Gasteiger partial charge in [0.15, 0.2) is 0 Å². The Labute approximate surface area is 123 Å². The van der Waals surface area contributed by atoms with Crippen molar-refractivity contribution in [2.45, 2.75) is 0 Å². The summed E-state index contributed by atoms with van der Waals surface area (Å²) in [6, 6.07) is 6.83. The summed E-state index contributed by atoms with van der Waals surface area (Å²) in [6.07, 6.45) is 2.56. The van der Waals surface area contributed by atoms with Gasteiger partial charge < -0.3 is 19.4 Å². The van der Waals surface area contributed by atoms with Crippen LogP contribution in [0.25, 0.3) is 5.57 Å². The van der Waals surface area contributed by atoms with Crippen LogP contribution in [-0.2, 0) is 9.36 Å². The lowest BCUT2D eigenvalue weighted by atomic mass is 10.0. The van der Waals surface area contributed by atoms with Crippen LogP contribution in [0.4, 0.5) is 0 Å². The molecule has 1 amide bonds. The van der Waals surface area contributed by atoms with Crippen LogP contribution in [0.3, 0.4) is 0 Å². The second-order valence-corrected chi connectivity index (χ2v) is 5.92. The minimum atomic E-state index is -4.25. The Morgan fingerprint density at radius 2 is 1.81 bits per heavy atom. The van der Waals surface area contributed by atoms with E-state index in [-0.39, 0.29) is 5.91 Å². The second-order valence-electron chi connectivity index (χ2n) is 4.44. The molecule has 21 heavy (non-hydrogen) atoms. The highest BCUT2D eigenvalue weighted by Gasteiger charge is 2.14. The average Bonchev–Trinajstić information content (AvgIpc) is 2.42. The van der Waals surface area contributed by atoms with Gasteiger partial charge in [0.2, 0.25) is 0 Å². The Bertz CT molecular complexity index is 598. The zero-order valence-corrected chi connectivity index (χ0v) is 12.9. The molecule has 0 radical (unpaired) electrons. The Morgan fingerprint density at radius 1 is 1.24 bits per heavy atom. The Morgan fingerprint density at radius 3 is 2.24 bits per heavy atom. The Hall–Kier alpha value is -1.88. The van der Waals surface area contributed by atoms with Crippen LogP contribution in [0.1, 0.15) is 5.56 Å². The lowest BCUT2D eigenvalue weighted by Gasteiger charge is -2.13. The number of likely N-dealkylation sites (N-methyl/N-ethyl adjacent to an activating group) is 1. The van der Waals surface area contributed by atoms with Crippen LogP contribution in [0.2, 0.25) is 0 Å². The molecule has 0 fully saturated rings. The fourth-order valence-electron chi connectivity index (χ4n) is 1.55. The van der Waals surface area contributed by atoms with Crippen LogP contribution in [0, 0.1) is 0 Å². The summed E-state index contributed by atoms with van der Waals surface area (Å²) >= 11 is 0. The summed E-state index contributed by atoms with van der Waals surface area (Å²) in [5.41, 5.74) is 0.956. The number of hydrogen-bond acceptors (Lipinski definition) is 3. The molecule has 6 nitrogen and oxygen atoms in total. The van der Waals surface area contributed by atoms with Crippen molar-refractivity contribution in [1.29, 1.82) is 0 Å². The van der Waals surface area contributed by atoms with Crippen molar-refractivity contribution in [3.8, 4) is 5.75 Å². The lowest BCUT2D eigenvalue weighted by molar-refractivity contribution is -0.122. The third-order valence-corrected chi connectivity index (χ3v) is 3.14. The van der Waals surface area contributed by atoms with E-state index in [1.807, 2.05) is 0 Å². The number of carbonyl (C=O) groups is 1. The highest BCUT2D eigenvalue weighted by molar-refractivity contribution is 7.55. The molecule has 2 N–H and O–H groups in total. The maximum Gasteiger partial charge on any atom is 0.349 e. The van der Waals surface area contributed by atoms with Gasteiger partial charge in [-0.05, 0) is 23.8 Å². The summed E-state index contributed by atoms with van der Waals surface area (Å²) in [5, 5.41) is 0. The molecule has 1 rings (SSSR count). The number of hydrogen-bond donors (Lipinski definition) is 2. The highest BCUT2D eigenvalue weighted by atomic mass is 31.2. The monoisotopic (exact) mass is 311 g/mol. The second kappa shape index (κ2) is 7.22. The summed E-state index contributed by atoms with van der Waals surface area (Å²) in [4.78, 5) is 31.1. The zero-order valence-electron chi connectivity index (χ0n) is 12.1. The fourth-order valence-corrected chi connectivity index (χ4v) is 1.86. The van der Waals surface area contributed by atoms with Gasteiger partial charge in [0.05, 0.1) is 7.11 Å². The van der Waals surface area contributed by atoms with Gasteiger partial charge in [0.25, 0.3) is 5.91 Å². The largest absolute Gasteiger partial charge is 0.497 e. The number of nitrogens with zero attached hydrogens (tertiary/aromatic N) is 1. The maximum absolute atomic E-state index is 12.2. The number of methoxy groups -OCH3 is 1. The SMILES string of the molecule is COc1ccc(/C(=C/C=C/P(=O)(O)O)C(=O)N(C)C)cc1. The normalized spacial score (nSPS) is 12.5. The molecule has 7 heteroatoms. The van der Waals surface area contributed by atoms with E-state index in [1.54, 1.807) is 45.5 Å². The number of allylic oxidation sites excluding steroid dienone is 2. The van der Waals surface area contributed by atoms with E-state index in [1.165, 1.54) is 17.1 Å². The summed E-state index contributed by atoms with van der Waals surface area (Å²) in [6.45, 7) is 0. The number of ether oxygens (including phenoxy) is 1. The quantitative estimate of drug-likeness (QED) is 0.492. The van der Waals surface area contributed by atoms with E-state index in [4.69, 9.17) is 14.5 Å². The van der Waals surface area contributed by atoms with Crippen molar-refractivity contribution in [2.75, 3.05) is 21.2 Å².